The summed E-state index contributed by atoms with van der Waals surface area (Å²) in [6.07, 6.45) is 6.78. The molecule has 0 unspecified atom stereocenters. The molecule has 0 atom stereocenters. The van der Waals surface area contributed by atoms with E-state index < -0.39 is 16.1 Å². The Labute approximate surface area is 240 Å². The summed E-state index contributed by atoms with van der Waals surface area (Å²) in [6.45, 7) is 22.0. The van der Waals surface area contributed by atoms with Crippen LogP contribution in [0, 0.1) is 0 Å². The maximum Gasteiger partial charge on any atom is 0.500 e. The summed E-state index contributed by atoms with van der Waals surface area (Å²) in [5.41, 5.74) is 0. The highest BCUT2D eigenvalue weighted by molar-refractivity contribution is 7.87. The van der Waals surface area contributed by atoms with Crippen LogP contribution in [-0.2, 0) is 13.3 Å². The van der Waals surface area contributed by atoms with Crippen LogP contribution in [-0.4, -0.2) is 57.3 Å². The first-order chi connectivity index (χ1) is 16.5. The lowest BCUT2D eigenvalue weighted by molar-refractivity contribution is -0.0000148. The fraction of sp³-hybridized carbons (Fsp3) is 0.793. The zero-order valence-electron chi connectivity index (χ0n) is 25.8. The number of ether oxygens (including phenoxy) is 1. The van der Waals surface area contributed by atoms with Crippen LogP contribution in [0.25, 0.3) is 0 Å². The average Bonchev–Trinajstić information content (AvgIpc) is 2.74. The molecule has 0 aliphatic rings. The Bertz CT molecular complexity index is 751. The lowest BCUT2D eigenvalue weighted by atomic mass is 10.1. The van der Waals surface area contributed by atoms with Crippen molar-refractivity contribution in [3.63, 3.8) is 0 Å². The van der Waals surface area contributed by atoms with Crippen LogP contribution in [0.1, 0.15) is 101 Å². The van der Waals surface area contributed by atoms with Gasteiger partial charge in [-0.15, -0.1) is 0 Å². The number of benzene rings is 1. The largest absolute Gasteiger partial charge is 1.00 e. The fourth-order valence-electron chi connectivity index (χ4n) is 6.88. The smallest absolute Gasteiger partial charge is 0.500 e. The van der Waals surface area contributed by atoms with Crippen LogP contribution in [0.2, 0.25) is 6.04 Å². The minimum absolute atomic E-state index is 0. The number of rotatable bonds is 14. The molecule has 0 spiro atoms. The molecule has 1 rings (SSSR count). The van der Waals surface area contributed by atoms with Gasteiger partial charge in [-0.25, -0.2) is 0 Å². The van der Waals surface area contributed by atoms with Gasteiger partial charge < -0.3 is 40.1 Å². The molecule has 5 nitrogen and oxygen atoms in total. The summed E-state index contributed by atoms with van der Waals surface area (Å²) in [5, 5.41) is 11.9. The van der Waals surface area contributed by atoms with Gasteiger partial charge in [-0.05, 0) is 87.3 Å². The van der Waals surface area contributed by atoms with Gasteiger partial charge in [0.2, 0.25) is 0 Å². The van der Waals surface area contributed by atoms with Crippen molar-refractivity contribution in [2.45, 2.75) is 122 Å². The lowest BCUT2D eigenvalue weighted by Crippen LogP contribution is -3.00. The van der Waals surface area contributed by atoms with Crippen molar-refractivity contribution in [3.8, 4) is 11.5 Å². The second kappa shape index (κ2) is 15.0. The predicted molar refractivity (Wildman–Crippen MR) is 159 cm³/mol. The number of halogens is 1. The Balaban J connectivity index is 0.0000130. The van der Waals surface area contributed by atoms with Gasteiger partial charge in [0.1, 0.15) is 11.1 Å². The molecule has 0 radical (unpaired) electrons. The van der Waals surface area contributed by atoms with E-state index in [0.717, 1.165) is 37.5 Å². The van der Waals surface area contributed by atoms with Gasteiger partial charge in [-0.3, -0.25) is 0 Å². The molecule has 0 aromatic heterocycles. The monoisotopic (exact) mass is 622 g/mol. The quantitative estimate of drug-likeness (QED) is 0.179. The van der Waals surface area contributed by atoms with E-state index in [4.69, 9.17) is 18.0 Å². The average molecular weight is 624 g/mol. The molecule has 0 saturated heterocycles. The third kappa shape index (κ3) is 8.91. The van der Waals surface area contributed by atoms with Crippen molar-refractivity contribution in [1.82, 2.24) is 0 Å². The first kappa shape index (κ1) is 36.8. The SMILES string of the molecule is CO[Si](CCCCCCCCOc1ccc(O)cc1[P+](C(C)(C)C)(C(C)(C)C)C(C)(C)C)(OC)OC.[Br-]. The maximum atomic E-state index is 10.5. The Morgan fingerprint density at radius 1 is 0.703 bits per heavy atom. The van der Waals surface area contributed by atoms with E-state index in [0.29, 0.717) is 12.4 Å². The van der Waals surface area contributed by atoms with Crippen molar-refractivity contribution in [2.24, 2.45) is 0 Å². The van der Waals surface area contributed by atoms with Crippen molar-refractivity contribution < 1.29 is 40.1 Å². The van der Waals surface area contributed by atoms with Crippen LogP contribution in [0.5, 0.6) is 11.5 Å². The molecule has 0 aliphatic heterocycles. The first-order valence-corrected chi connectivity index (χ1v) is 17.3. The normalized spacial score (nSPS) is 13.4. The summed E-state index contributed by atoms with van der Waals surface area (Å²) in [5.74, 6) is 1.27. The standard InChI is InChI=1S/C29H55O5PSi.BrH/c1-27(2,3)35(28(4,5)6,29(7,8)9)26-23-24(30)19-20-25(26)34-21-17-15-13-14-16-18-22-36(31-10,32-11)33-12;/h19-20,23H,13-18,21-22H2,1-12H3;1H. The van der Waals surface area contributed by atoms with Gasteiger partial charge in [-0.1, -0.05) is 25.7 Å². The van der Waals surface area contributed by atoms with Crippen LogP contribution in [0.4, 0.5) is 0 Å². The van der Waals surface area contributed by atoms with E-state index in [9.17, 15) is 5.11 Å². The van der Waals surface area contributed by atoms with Crippen LogP contribution in [0.15, 0.2) is 18.2 Å². The topological polar surface area (TPSA) is 57.2 Å². The Kier molecular flexibility index (Phi) is 14.9. The number of phenols is 1. The maximum absolute atomic E-state index is 10.5. The van der Waals surface area contributed by atoms with E-state index in [1.165, 1.54) is 18.1 Å². The first-order valence-electron chi connectivity index (χ1n) is 13.5. The Morgan fingerprint density at radius 3 is 1.57 bits per heavy atom. The molecule has 1 aromatic rings. The zero-order valence-corrected chi connectivity index (χ0v) is 29.3. The minimum Gasteiger partial charge on any atom is -1.00 e. The van der Waals surface area contributed by atoms with Gasteiger partial charge in [0.15, 0.2) is 5.75 Å². The highest BCUT2D eigenvalue weighted by atomic mass is 79.9. The van der Waals surface area contributed by atoms with E-state index >= 15 is 0 Å². The lowest BCUT2D eigenvalue weighted by Gasteiger charge is -2.54. The molecule has 0 fully saturated rings. The van der Waals surface area contributed by atoms with Gasteiger partial charge >= 0.3 is 8.80 Å². The molecule has 8 heteroatoms. The third-order valence-electron chi connectivity index (χ3n) is 7.39. The van der Waals surface area contributed by atoms with Crippen molar-refractivity contribution in [2.75, 3.05) is 27.9 Å². The number of hydrogen-bond acceptors (Lipinski definition) is 5. The second-order valence-corrected chi connectivity index (χ2v) is 21.8. The van der Waals surface area contributed by atoms with E-state index in [1.54, 1.807) is 27.4 Å². The number of unbranched alkanes of at least 4 members (excludes halogenated alkanes) is 5. The summed E-state index contributed by atoms with van der Waals surface area (Å²) in [4.78, 5) is 0. The molecular formula is C29H56BrO5PSi. The minimum atomic E-state index is -2.44. The van der Waals surface area contributed by atoms with E-state index in [-0.39, 0.29) is 32.4 Å². The summed E-state index contributed by atoms with van der Waals surface area (Å²) in [6, 6.07) is 6.61. The summed E-state index contributed by atoms with van der Waals surface area (Å²) >= 11 is 0. The van der Waals surface area contributed by atoms with Crippen molar-refractivity contribution >= 4 is 21.4 Å². The summed E-state index contributed by atoms with van der Waals surface area (Å²) in [7, 11) is 0.718. The fourth-order valence-corrected chi connectivity index (χ4v) is 17.7. The molecule has 0 heterocycles. The molecule has 1 N–H and O–H groups in total. The summed E-state index contributed by atoms with van der Waals surface area (Å²) < 4.78 is 23.0. The number of hydrogen-bond donors (Lipinski definition) is 1. The molecule has 0 aliphatic carbocycles. The zero-order chi connectivity index (χ0) is 27.8. The molecule has 0 bridgehead atoms. The third-order valence-corrected chi connectivity index (χ3v) is 17.3. The molecule has 0 amide bonds. The number of phenolic OH excluding ortho intramolecular Hbond substituents is 1. The number of aromatic hydroxyl groups is 1. The van der Waals surface area contributed by atoms with Gasteiger partial charge in [0.25, 0.3) is 0 Å². The molecule has 0 saturated carbocycles. The van der Waals surface area contributed by atoms with Crippen LogP contribution < -0.4 is 27.0 Å². The van der Waals surface area contributed by atoms with Gasteiger partial charge in [0, 0.05) is 33.4 Å². The van der Waals surface area contributed by atoms with E-state index in [1.807, 2.05) is 12.1 Å². The van der Waals surface area contributed by atoms with Crippen LogP contribution >= 0.6 is 7.26 Å². The van der Waals surface area contributed by atoms with Crippen molar-refractivity contribution in [3.05, 3.63) is 18.2 Å². The van der Waals surface area contributed by atoms with E-state index in [2.05, 4.69) is 62.3 Å². The highest BCUT2D eigenvalue weighted by Gasteiger charge is 2.67. The van der Waals surface area contributed by atoms with Gasteiger partial charge in [0.05, 0.1) is 29.3 Å². The predicted octanol–water partition coefficient (Wildman–Crippen LogP) is 5.03. The Hall–Kier alpha value is -0.173. The van der Waals surface area contributed by atoms with Gasteiger partial charge in [-0.2, -0.15) is 0 Å². The molecular weight excluding hydrogens is 567 g/mol. The second-order valence-electron chi connectivity index (χ2n) is 12.9. The molecule has 37 heavy (non-hydrogen) atoms. The Morgan fingerprint density at radius 2 is 1.14 bits per heavy atom. The molecule has 218 valence electrons. The highest BCUT2D eigenvalue weighted by Crippen LogP contribution is 2.83. The van der Waals surface area contributed by atoms with Crippen LogP contribution in [0.3, 0.4) is 0 Å². The van der Waals surface area contributed by atoms with Crippen molar-refractivity contribution in [1.29, 1.82) is 0 Å². The molecule has 1 aromatic carbocycles.